The third kappa shape index (κ3) is 4.93. The highest BCUT2D eigenvalue weighted by molar-refractivity contribution is 14.0. The Labute approximate surface area is 146 Å². The largest absolute Gasteiger partial charge is 0.349 e. The van der Waals surface area contributed by atoms with E-state index < -0.39 is 0 Å². The van der Waals surface area contributed by atoms with E-state index in [0.717, 1.165) is 11.4 Å². The molecule has 1 aromatic carbocycles. The molecule has 2 rings (SSSR count). The number of hydrogen-bond acceptors (Lipinski definition) is 3. The molecule has 22 heavy (non-hydrogen) atoms. The van der Waals surface area contributed by atoms with Crippen LogP contribution in [0.2, 0.25) is 0 Å². The lowest BCUT2D eigenvalue weighted by Crippen LogP contribution is -2.38. The average Bonchev–Trinajstić information content (AvgIpc) is 2.85. The van der Waals surface area contributed by atoms with Crippen molar-refractivity contribution in [1.82, 2.24) is 25.0 Å². The number of nitrogens with one attached hydrogen (secondary N) is 1. The second-order valence-electron chi connectivity index (χ2n) is 4.69. The molecule has 0 saturated carbocycles. The SMILES string of the molecule is CN=C(NCc1ncnn1C)N(C)Cc1cccc(F)c1.I. The monoisotopic (exact) mass is 418 g/mol. The van der Waals surface area contributed by atoms with Crippen molar-refractivity contribution in [3.8, 4) is 0 Å². The smallest absolute Gasteiger partial charge is 0.194 e. The van der Waals surface area contributed by atoms with E-state index in [4.69, 9.17) is 0 Å². The van der Waals surface area contributed by atoms with Crippen molar-refractivity contribution in [2.45, 2.75) is 13.1 Å². The molecule has 0 spiro atoms. The number of guanidine groups is 1. The van der Waals surface area contributed by atoms with Crippen molar-refractivity contribution in [3.05, 3.63) is 47.8 Å². The van der Waals surface area contributed by atoms with Gasteiger partial charge in [0.2, 0.25) is 0 Å². The van der Waals surface area contributed by atoms with Crippen LogP contribution in [0, 0.1) is 5.82 Å². The maximum atomic E-state index is 13.2. The molecule has 2 aromatic rings. The summed E-state index contributed by atoms with van der Waals surface area (Å²) in [6, 6.07) is 6.54. The highest BCUT2D eigenvalue weighted by Crippen LogP contribution is 2.06. The van der Waals surface area contributed by atoms with Gasteiger partial charge < -0.3 is 10.2 Å². The van der Waals surface area contributed by atoms with Crippen LogP contribution in [-0.4, -0.2) is 39.7 Å². The van der Waals surface area contributed by atoms with Crippen molar-refractivity contribution in [1.29, 1.82) is 0 Å². The van der Waals surface area contributed by atoms with Crippen LogP contribution in [0.25, 0.3) is 0 Å². The summed E-state index contributed by atoms with van der Waals surface area (Å²) < 4.78 is 14.9. The summed E-state index contributed by atoms with van der Waals surface area (Å²) in [5.74, 6) is 1.29. The van der Waals surface area contributed by atoms with E-state index in [1.54, 1.807) is 17.8 Å². The Hall–Kier alpha value is -1.71. The third-order valence-electron chi connectivity index (χ3n) is 3.09. The van der Waals surface area contributed by atoms with Crippen molar-refractivity contribution in [3.63, 3.8) is 0 Å². The molecular formula is C14H20FIN6. The Bertz CT molecular complexity index is 627. The number of aliphatic imine (C=N–C) groups is 1. The van der Waals surface area contributed by atoms with Crippen molar-refractivity contribution in [2.24, 2.45) is 12.0 Å². The minimum Gasteiger partial charge on any atom is -0.349 e. The first-order valence-corrected chi connectivity index (χ1v) is 6.59. The standard InChI is InChI=1S/C14H19FN6.HI/c1-16-14(17-8-13-18-10-19-21(13)3)20(2)9-11-5-4-6-12(15)7-11;/h4-7,10H,8-9H2,1-3H3,(H,16,17);1H. The van der Waals surface area contributed by atoms with E-state index in [9.17, 15) is 4.39 Å². The van der Waals surface area contributed by atoms with Gasteiger partial charge in [-0.1, -0.05) is 12.1 Å². The van der Waals surface area contributed by atoms with Gasteiger partial charge >= 0.3 is 0 Å². The Kier molecular flexibility index (Phi) is 7.22. The van der Waals surface area contributed by atoms with E-state index in [1.807, 2.05) is 25.1 Å². The second kappa shape index (κ2) is 8.66. The van der Waals surface area contributed by atoms with E-state index in [2.05, 4.69) is 20.4 Å². The molecule has 1 heterocycles. The van der Waals surface area contributed by atoms with Crippen molar-refractivity contribution in [2.75, 3.05) is 14.1 Å². The maximum absolute atomic E-state index is 13.2. The normalized spacial score (nSPS) is 11.0. The summed E-state index contributed by atoms with van der Waals surface area (Å²) in [5.41, 5.74) is 0.888. The Balaban J connectivity index is 0.00000242. The summed E-state index contributed by atoms with van der Waals surface area (Å²) in [4.78, 5) is 10.3. The first kappa shape index (κ1) is 18.3. The van der Waals surface area contributed by atoms with Crippen LogP contribution in [0.4, 0.5) is 4.39 Å². The van der Waals surface area contributed by atoms with Crippen LogP contribution in [0.15, 0.2) is 35.6 Å². The molecule has 8 heteroatoms. The zero-order valence-electron chi connectivity index (χ0n) is 12.8. The molecule has 0 aliphatic heterocycles. The van der Waals surface area contributed by atoms with Crippen LogP contribution < -0.4 is 5.32 Å². The molecule has 0 amide bonds. The molecule has 0 atom stereocenters. The van der Waals surface area contributed by atoms with Gasteiger partial charge in [-0.3, -0.25) is 9.67 Å². The molecule has 1 N–H and O–H groups in total. The number of aromatic nitrogens is 3. The average molecular weight is 418 g/mol. The Morgan fingerprint density at radius 2 is 2.23 bits per heavy atom. The topological polar surface area (TPSA) is 58.3 Å². The Morgan fingerprint density at radius 3 is 2.82 bits per heavy atom. The minimum absolute atomic E-state index is 0. The van der Waals surface area contributed by atoms with Crippen LogP contribution in [-0.2, 0) is 20.1 Å². The van der Waals surface area contributed by atoms with Gasteiger partial charge in [0.25, 0.3) is 0 Å². The quantitative estimate of drug-likeness (QED) is 0.468. The molecular weight excluding hydrogens is 398 g/mol. The van der Waals surface area contributed by atoms with Gasteiger partial charge in [0.05, 0.1) is 6.54 Å². The fourth-order valence-corrected chi connectivity index (χ4v) is 2.01. The minimum atomic E-state index is -0.233. The predicted octanol–water partition coefficient (Wildman–Crippen LogP) is 1.78. The molecule has 0 radical (unpaired) electrons. The van der Waals surface area contributed by atoms with Gasteiger partial charge in [0.1, 0.15) is 18.0 Å². The number of aryl methyl sites for hydroxylation is 1. The number of rotatable bonds is 4. The zero-order chi connectivity index (χ0) is 15.2. The summed E-state index contributed by atoms with van der Waals surface area (Å²) in [5, 5.41) is 7.22. The van der Waals surface area contributed by atoms with Gasteiger partial charge in [0.15, 0.2) is 5.96 Å². The van der Waals surface area contributed by atoms with Crippen LogP contribution in [0.1, 0.15) is 11.4 Å². The van der Waals surface area contributed by atoms with Crippen LogP contribution >= 0.6 is 24.0 Å². The number of halogens is 2. The summed E-state index contributed by atoms with van der Waals surface area (Å²) in [7, 11) is 5.45. The van der Waals surface area contributed by atoms with Gasteiger partial charge in [-0.25, -0.2) is 9.37 Å². The molecule has 0 aliphatic carbocycles. The second-order valence-corrected chi connectivity index (χ2v) is 4.69. The summed E-state index contributed by atoms with van der Waals surface area (Å²) in [6.45, 7) is 1.09. The highest BCUT2D eigenvalue weighted by atomic mass is 127. The lowest BCUT2D eigenvalue weighted by atomic mass is 10.2. The molecule has 1 aromatic heterocycles. The van der Waals surface area contributed by atoms with E-state index in [-0.39, 0.29) is 29.8 Å². The van der Waals surface area contributed by atoms with Crippen LogP contribution in [0.3, 0.4) is 0 Å². The van der Waals surface area contributed by atoms with Crippen LogP contribution in [0.5, 0.6) is 0 Å². The van der Waals surface area contributed by atoms with E-state index >= 15 is 0 Å². The number of nitrogens with zero attached hydrogens (tertiary/aromatic N) is 5. The molecule has 0 bridgehead atoms. The molecule has 0 saturated heterocycles. The highest BCUT2D eigenvalue weighted by Gasteiger charge is 2.08. The molecule has 0 aliphatic rings. The third-order valence-corrected chi connectivity index (χ3v) is 3.09. The molecule has 0 fully saturated rings. The number of hydrogen-bond donors (Lipinski definition) is 1. The summed E-state index contributed by atoms with van der Waals surface area (Å²) >= 11 is 0. The van der Waals surface area contributed by atoms with Crippen molar-refractivity contribution >= 4 is 29.9 Å². The first-order valence-electron chi connectivity index (χ1n) is 6.59. The molecule has 120 valence electrons. The van der Waals surface area contributed by atoms with E-state index in [1.165, 1.54) is 18.5 Å². The zero-order valence-corrected chi connectivity index (χ0v) is 15.2. The fraction of sp³-hybridized carbons (Fsp3) is 0.357. The van der Waals surface area contributed by atoms with Gasteiger partial charge in [0, 0.05) is 27.7 Å². The maximum Gasteiger partial charge on any atom is 0.194 e. The summed E-state index contributed by atoms with van der Waals surface area (Å²) in [6.07, 6.45) is 1.51. The number of benzene rings is 1. The molecule has 6 nitrogen and oxygen atoms in total. The van der Waals surface area contributed by atoms with Crippen molar-refractivity contribution < 1.29 is 4.39 Å². The first-order chi connectivity index (χ1) is 10.1. The lowest BCUT2D eigenvalue weighted by molar-refractivity contribution is 0.472. The Morgan fingerprint density at radius 1 is 1.45 bits per heavy atom. The van der Waals surface area contributed by atoms with E-state index in [0.29, 0.717) is 19.0 Å². The van der Waals surface area contributed by atoms with Gasteiger partial charge in [-0.05, 0) is 17.7 Å². The predicted molar refractivity (Wildman–Crippen MR) is 94.5 cm³/mol. The van der Waals surface area contributed by atoms with Gasteiger partial charge in [-0.2, -0.15) is 5.10 Å². The van der Waals surface area contributed by atoms with Gasteiger partial charge in [-0.15, -0.1) is 24.0 Å². The molecule has 0 unspecified atom stereocenters. The lowest BCUT2D eigenvalue weighted by Gasteiger charge is -2.22. The fourth-order valence-electron chi connectivity index (χ4n) is 2.01.